The number of fused-ring (bicyclic) bond motifs is 8. The molecule has 1 fully saturated rings. The summed E-state index contributed by atoms with van der Waals surface area (Å²) in [6.07, 6.45) is 3.93. The Morgan fingerprint density at radius 3 is 2.89 bits per heavy atom. The van der Waals surface area contributed by atoms with Crippen molar-refractivity contribution in [3.8, 4) is 5.75 Å². The van der Waals surface area contributed by atoms with Gasteiger partial charge >= 0.3 is 0 Å². The molecule has 0 radical (unpaired) electrons. The Labute approximate surface area is 163 Å². The molecular weight excluding hydrogens is 354 g/mol. The summed E-state index contributed by atoms with van der Waals surface area (Å²) < 4.78 is 13.8. The lowest BCUT2D eigenvalue weighted by atomic mass is 9.88. The predicted octanol–water partition coefficient (Wildman–Crippen LogP) is 3.95. The number of benzene rings is 1. The van der Waals surface area contributed by atoms with Crippen LogP contribution in [0.3, 0.4) is 0 Å². The molecule has 0 aliphatic carbocycles. The van der Waals surface area contributed by atoms with E-state index in [1.54, 1.807) is 7.11 Å². The number of allylic oxidation sites excluding steroid dienone is 2. The van der Waals surface area contributed by atoms with E-state index in [0.29, 0.717) is 12.2 Å². The van der Waals surface area contributed by atoms with Gasteiger partial charge in [0.05, 0.1) is 42.8 Å². The fourth-order valence-corrected chi connectivity index (χ4v) is 4.71. The van der Waals surface area contributed by atoms with E-state index in [4.69, 9.17) is 14.6 Å². The van der Waals surface area contributed by atoms with Gasteiger partial charge in [-0.3, -0.25) is 4.68 Å². The summed E-state index contributed by atoms with van der Waals surface area (Å²) >= 11 is 0. The van der Waals surface area contributed by atoms with Crippen molar-refractivity contribution in [1.82, 2.24) is 14.7 Å². The van der Waals surface area contributed by atoms with Gasteiger partial charge in [-0.05, 0) is 31.6 Å². The van der Waals surface area contributed by atoms with Crippen molar-refractivity contribution in [2.45, 2.75) is 31.5 Å². The second-order valence-corrected chi connectivity index (χ2v) is 8.03. The molecule has 4 heterocycles. The van der Waals surface area contributed by atoms with Crippen molar-refractivity contribution in [3.63, 3.8) is 0 Å². The topological polar surface area (TPSA) is 59.8 Å². The lowest BCUT2D eigenvalue weighted by molar-refractivity contribution is 0.00914. The molecule has 3 aliphatic heterocycles. The molecule has 1 N–H and O–H groups in total. The highest BCUT2D eigenvalue weighted by atomic mass is 16.5. The third-order valence-corrected chi connectivity index (χ3v) is 5.98. The normalized spacial score (nSPS) is 25.0. The first kappa shape index (κ1) is 17.1. The molecule has 3 aliphatic rings. The Morgan fingerprint density at radius 2 is 2.18 bits per heavy atom. The first-order valence-electron chi connectivity index (χ1n) is 9.32. The third-order valence-electron chi connectivity index (χ3n) is 5.98. The smallest absolute Gasteiger partial charge is 0.146 e. The summed E-state index contributed by atoms with van der Waals surface area (Å²) in [6, 6.07) is 6.02. The van der Waals surface area contributed by atoms with Crippen LogP contribution in [0.2, 0.25) is 0 Å². The highest BCUT2D eigenvalue weighted by Crippen LogP contribution is 2.49. The fourth-order valence-electron chi connectivity index (χ4n) is 4.71. The molecule has 1 aromatic carbocycles. The zero-order valence-electron chi connectivity index (χ0n) is 16.3. The van der Waals surface area contributed by atoms with E-state index < -0.39 is 0 Å². The molecule has 144 valence electrons. The quantitative estimate of drug-likeness (QED) is 0.803. The molecule has 0 spiro atoms. The van der Waals surface area contributed by atoms with E-state index in [1.165, 1.54) is 0 Å². The Morgan fingerprint density at radius 1 is 1.39 bits per heavy atom. The van der Waals surface area contributed by atoms with Crippen molar-refractivity contribution in [2.75, 3.05) is 13.7 Å². The number of hydrogen-bond donors (Lipinski definition) is 1. The van der Waals surface area contributed by atoms with Gasteiger partial charge in [0.1, 0.15) is 17.0 Å². The van der Waals surface area contributed by atoms with Gasteiger partial charge < -0.3 is 19.5 Å². The fraction of sp³-hybridized carbons (Fsp3) is 0.318. The average molecular weight is 377 g/mol. The Kier molecular flexibility index (Phi) is 3.37. The third kappa shape index (κ3) is 2.09. The average Bonchev–Trinajstić information content (AvgIpc) is 3.19. The van der Waals surface area contributed by atoms with Crippen LogP contribution in [0.25, 0.3) is 16.6 Å². The van der Waals surface area contributed by atoms with Gasteiger partial charge in [0.15, 0.2) is 0 Å². The van der Waals surface area contributed by atoms with Crippen LogP contribution in [-0.2, 0) is 4.74 Å². The largest absolute Gasteiger partial charge is 0.508 e. The Hall–Kier alpha value is -2.99. The molecule has 0 saturated carbocycles. The van der Waals surface area contributed by atoms with Gasteiger partial charge in [-0.25, -0.2) is 0 Å². The van der Waals surface area contributed by atoms with E-state index >= 15 is 0 Å². The molecule has 1 saturated heterocycles. The highest BCUT2D eigenvalue weighted by molar-refractivity contribution is 5.95. The van der Waals surface area contributed by atoms with Crippen molar-refractivity contribution < 1.29 is 14.6 Å². The number of ether oxygens (including phenoxy) is 2. The zero-order chi connectivity index (χ0) is 19.8. The molecule has 1 aromatic heterocycles. The number of aliphatic hydroxyl groups excluding tert-OH is 1. The summed E-state index contributed by atoms with van der Waals surface area (Å²) in [7, 11) is 1.66. The maximum absolute atomic E-state index is 10.1. The monoisotopic (exact) mass is 377 g/mol. The summed E-state index contributed by atoms with van der Waals surface area (Å²) in [4.78, 5) is 2.19. The van der Waals surface area contributed by atoms with Gasteiger partial charge in [0.2, 0.25) is 0 Å². The first-order valence-corrected chi connectivity index (χ1v) is 9.32. The molecule has 2 atom stereocenters. The Bertz CT molecular complexity index is 1110. The summed E-state index contributed by atoms with van der Waals surface area (Å²) in [5, 5.41) is 16.0. The van der Waals surface area contributed by atoms with Crippen molar-refractivity contribution in [3.05, 3.63) is 66.2 Å². The maximum Gasteiger partial charge on any atom is 0.146 e. The van der Waals surface area contributed by atoms with Gasteiger partial charge in [-0.2, -0.15) is 5.10 Å². The van der Waals surface area contributed by atoms with E-state index in [-0.39, 0.29) is 23.4 Å². The van der Waals surface area contributed by atoms with Crippen molar-refractivity contribution in [1.29, 1.82) is 0 Å². The second kappa shape index (κ2) is 5.52. The van der Waals surface area contributed by atoms with Gasteiger partial charge in [-0.15, -0.1) is 0 Å². The van der Waals surface area contributed by atoms with E-state index in [2.05, 4.69) is 42.7 Å². The molecule has 2 unspecified atom stereocenters. The van der Waals surface area contributed by atoms with Crippen LogP contribution in [0.5, 0.6) is 5.75 Å². The van der Waals surface area contributed by atoms with Crippen LogP contribution >= 0.6 is 0 Å². The van der Waals surface area contributed by atoms with Crippen LogP contribution < -0.4 is 4.74 Å². The van der Waals surface area contributed by atoms with Gasteiger partial charge in [-0.1, -0.05) is 25.3 Å². The summed E-state index contributed by atoms with van der Waals surface area (Å²) in [5.74, 6) is 0.759. The van der Waals surface area contributed by atoms with E-state index in [1.807, 2.05) is 24.4 Å². The second-order valence-electron chi connectivity index (χ2n) is 8.03. The first-order chi connectivity index (χ1) is 13.3. The molecule has 6 nitrogen and oxygen atoms in total. The SMILES string of the molecule is C=C(O)C1=CN2C(=CC1=C)c1c3cccc(OC)c3nn1C1COC(C)(C)C12. The van der Waals surface area contributed by atoms with E-state index in [9.17, 15) is 5.11 Å². The van der Waals surface area contributed by atoms with Crippen LogP contribution in [0.15, 0.2) is 60.5 Å². The van der Waals surface area contributed by atoms with E-state index in [0.717, 1.165) is 33.6 Å². The minimum Gasteiger partial charge on any atom is -0.508 e. The number of aliphatic hydroxyl groups is 1. The molecule has 0 amide bonds. The standard InChI is InChI=1S/C22H23N3O3/c1-12-9-16-20-14-7-6-8-18(27-5)19(14)23-25(20)17-11-28-22(3,4)21(17)24(16)10-15(12)13(2)26/h6-10,17,21,26H,1-2,11H2,3-5H3. The zero-order valence-corrected chi connectivity index (χ0v) is 16.3. The van der Waals surface area contributed by atoms with Crippen LogP contribution in [-0.4, -0.2) is 45.1 Å². The van der Waals surface area contributed by atoms with Crippen LogP contribution in [0, 0.1) is 0 Å². The van der Waals surface area contributed by atoms with Gasteiger partial charge in [0, 0.05) is 17.2 Å². The predicted molar refractivity (Wildman–Crippen MR) is 108 cm³/mol. The lowest BCUT2D eigenvalue weighted by Gasteiger charge is -2.45. The minimum atomic E-state index is -0.388. The number of rotatable bonds is 2. The molecule has 28 heavy (non-hydrogen) atoms. The highest BCUT2D eigenvalue weighted by Gasteiger charge is 2.53. The van der Waals surface area contributed by atoms with Crippen LogP contribution in [0.4, 0.5) is 0 Å². The van der Waals surface area contributed by atoms with Gasteiger partial charge in [0.25, 0.3) is 0 Å². The minimum absolute atomic E-state index is 0.0131. The number of nitrogens with zero attached hydrogens (tertiary/aromatic N) is 3. The molecular formula is C22H23N3O3. The molecule has 2 aromatic rings. The molecule has 6 heteroatoms. The number of aromatic nitrogens is 2. The van der Waals surface area contributed by atoms with Crippen LogP contribution in [0.1, 0.15) is 25.6 Å². The number of hydrogen-bond acceptors (Lipinski definition) is 5. The Balaban J connectivity index is 1.82. The summed E-state index contributed by atoms with van der Waals surface area (Å²) in [5.41, 5.74) is 3.80. The number of methoxy groups -OCH3 is 1. The molecule has 0 bridgehead atoms. The van der Waals surface area contributed by atoms with Crippen molar-refractivity contribution in [2.24, 2.45) is 0 Å². The molecule has 5 rings (SSSR count). The van der Waals surface area contributed by atoms with Crippen molar-refractivity contribution >= 4 is 16.6 Å². The summed E-state index contributed by atoms with van der Waals surface area (Å²) in [6.45, 7) is 12.6. The maximum atomic E-state index is 10.1. The lowest BCUT2D eigenvalue weighted by Crippen LogP contribution is -2.51.